The van der Waals surface area contributed by atoms with Crippen molar-refractivity contribution in [2.75, 3.05) is 11.4 Å². The summed E-state index contributed by atoms with van der Waals surface area (Å²) in [5.74, 6) is 1.10. The van der Waals surface area contributed by atoms with E-state index in [1.165, 1.54) is 37.5 Å². The summed E-state index contributed by atoms with van der Waals surface area (Å²) in [6.45, 7) is 3.40. The maximum absolute atomic E-state index is 9.52. The number of hydrogen-bond donors (Lipinski definition) is 1. The number of hydrogen-bond acceptors (Lipinski definition) is 3. The number of piperidine rings is 1. The van der Waals surface area contributed by atoms with Gasteiger partial charge in [-0.15, -0.1) is 0 Å². The average molecular weight is 284 g/mol. The lowest BCUT2D eigenvalue weighted by Crippen LogP contribution is -2.40. The zero-order chi connectivity index (χ0) is 14.7. The fraction of sp³-hybridized carbons (Fsp3) is 0.500. The van der Waals surface area contributed by atoms with Crippen molar-refractivity contribution in [2.45, 2.75) is 51.7 Å². The van der Waals surface area contributed by atoms with Crippen molar-refractivity contribution in [3.05, 3.63) is 36.0 Å². The molecule has 0 bridgehead atoms. The second kappa shape index (κ2) is 6.44. The minimum atomic E-state index is 0.0478. The van der Waals surface area contributed by atoms with Crippen LogP contribution in [0, 0.1) is 0 Å². The van der Waals surface area contributed by atoms with E-state index in [-0.39, 0.29) is 6.61 Å². The molecule has 1 atom stereocenters. The van der Waals surface area contributed by atoms with Gasteiger partial charge in [0, 0.05) is 29.7 Å². The van der Waals surface area contributed by atoms with E-state index in [0.29, 0.717) is 6.04 Å². The molecule has 0 saturated carbocycles. The Balaban J connectivity index is 2.06. The lowest BCUT2D eigenvalue weighted by molar-refractivity contribution is 0.283. The molecule has 1 unspecified atom stereocenters. The predicted molar refractivity (Wildman–Crippen MR) is 87.6 cm³/mol. The van der Waals surface area contributed by atoms with Gasteiger partial charge in [-0.2, -0.15) is 0 Å². The van der Waals surface area contributed by atoms with Crippen molar-refractivity contribution in [3.8, 4) is 0 Å². The van der Waals surface area contributed by atoms with E-state index in [1.54, 1.807) is 0 Å². The summed E-state index contributed by atoms with van der Waals surface area (Å²) in [4.78, 5) is 7.20. The van der Waals surface area contributed by atoms with Gasteiger partial charge in [-0.1, -0.05) is 37.6 Å². The number of rotatable bonds is 4. The van der Waals surface area contributed by atoms with Crippen LogP contribution in [0.15, 0.2) is 30.5 Å². The van der Waals surface area contributed by atoms with Crippen molar-refractivity contribution >= 4 is 16.6 Å². The minimum absolute atomic E-state index is 0.0478. The van der Waals surface area contributed by atoms with Crippen molar-refractivity contribution in [2.24, 2.45) is 0 Å². The molecule has 1 aromatic carbocycles. The van der Waals surface area contributed by atoms with E-state index >= 15 is 0 Å². The molecular formula is C18H24N2O. The monoisotopic (exact) mass is 284 g/mol. The van der Waals surface area contributed by atoms with Gasteiger partial charge in [0.05, 0.1) is 6.61 Å². The van der Waals surface area contributed by atoms with E-state index < -0.39 is 0 Å². The van der Waals surface area contributed by atoms with Gasteiger partial charge in [-0.3, -0.25) is 0 Å². The van der Waals surface area contributed by atoms with Gasteiger partial charge in [0.25, 0.3) is 0 Å². The average Bonchev–Trinajstić information content (AvgIpc) is 2.55. The zero-order valence-electron chi connectivity index (χ0n) is 12.8. The Hall–Kier alpha value is -1.61. The van der Waals surface area contributed by atoms with Crippen LogP contribution in [0.4, 0.5) is 5.82 Å². The molecule has 0 amide bonds. The van der Waals surface area contributed by atoms with Crippen LogP contribution in [0.2, 0.25) is 0 Å². The minimum Gasteiger partial charge on any atom is -0.392 e. The molecule has 3 rings (SSSR count). The number of fused-ring (bicyclic) bond motifs is 1. The van der Waals surface area contributed by atoms with Crippen LogP contribution in [0.1, 0.15) is 44.6 Å². The van der Waals surface area contributed by atoms with Crippen LogP contribution in [-0.4, -0.2) is 22.7 Å². The largest absolute Gasteiger partial charge is 0.392 e. The van der Waals surface area contributed by atoms with Gasteiger partial charge in [0.1, 0.15) is 5.82 Å². The second-order valence-electron chi connectivity index (χ2n) is 5.94. The summed E-state index contributed by atoms with van der Waals surface area (Å²) in [5, 5.41) is 11.8. The number of aromatic nitrogens is 1. The van der Waals surface area contributed by atoms with Crippen LogP contribution < -0.4 is 4.90 Å². The quantitative estimate of drug-likeness (QED) is 0.925. The Bertz CT molecular complexity index is 609. The smallest absolute Gasteiger partial charge is 0.136 e. The van der Waals surface area contributed by atoms with E-state index in [2.05, 4.69) is 30.0 Å². The molecule has 2 aromatic rings. The van der Waals surface area contributed by atoms with Crippen molar-refractivity contribution in [3.63, 3.8) is 0 Å². The van der Waals surface area contributed by atoms with Gasteiger partial charge < -0.3 is 10.0 Å². The third-order valence-corrected chi connectivity index (χ3v) is 4.55. The lowest BCUT2D eigenvalue weighted by atomic mass is 9.97. The summed E-state index contributed by atoms with van der Waals surface area (Å²) in [6, 6.07) is 8.93. The first kappa shape index (κ1) is 14.3. The lowest BCUT2D eigenvalue weighted by Gasteiger charge is -2.37. The summed E-state index contributed by atoms with van der Waals surface area (Å²) in [6.07, 6.45) is 8.14. The highest BCUT2D eigenvalue weighted by molar-refractivity contribution is 5.94. The maximum Gasteiger partial charge on any atom is 0.136 e. The van der Waals surface area contributed by atoms with Gasteiger partial charge in [0.15, 0.2) is 0 Å². The standard InChI is InChI=1S/C18H24N2O/c1-2-7-15-8-5-6-11-20(15)18-17-10-4-3-9-16(17)14(13-21)12-19-18/h3-4,9-10,12,15,21H,2,5-8,11,13H2,1H3. The molecule has 1 aliphatic rings. The SMILES string of the molecule is CCCC1CCCCN1c1ncc(CO)c2ccccc12. The summed E-state index contributed by atoms with van der Waals surface area (Å²) in [5.41, 5.74) is 0.915. The number of pyridine rings is 1. The van der Waals surface area contributed by atoms with Gasteiger partial charge in [-0.25, -0.2) is 4.98 Å². The van der Waals surface area contributed by atoms with E-state index in [0.717, 1.165) is 23.3 Å². The number of aliphatic hydroxyl groups is 1. The summed E-state index contributed by atoms with van der Waals surface area (Å²) < 4.78 is 0. The molecule has 1 fully saturated rings. The van der Waals surface area contributed by atoms with Gasteiger partial charge in [-0.05, 0) is 31.1 Å². The molecule has 1 saturated heterocycles. The first-order valence-corrected chi connectivity index (χ1v) is 8.09. The van der Waals surface area contributed by atoms with Crippen molar-refractivity contribution in [1.82, 2.24) is 4.98 Å². The number of benzene rings is 1. The Morgan fingerprint density at radius 2 is 2.05 bits per heavy atom. The molecular weight excluding hydrogens is 260 g/mol. The first-order valence-electron chi connectivity index (χ1n) is 8.09. The van der Waals surface area contributed by atoms with Crippen molar-refractivity contribution < 1.29 is 5.11 Å². The summed E-state index contributed by atoms with van der Waals surface area (Å²) >= 11 is 0. The third kappa shape index (κ3) is 2.75. The van der Waals surface area contributed by atoms with Crippen LogP contribution in [0.5, 0.6) is 0 Å². The number of anilines is 1. The number of nitrogens with zero attached hydrogens (tertiary/aromatic N) is 2. The normalized spacial score (nSPS) is 19.1. The van der Waals surface area contributed by atoms with Crippen LogP contribution >= 0.6 is 0 Å². The van der Waals surface area contributed by atoms with E-state index in [1.807, 2.05) is 12.3 Å². The molecule has 3 nitrogen and oxygen atoms in total. The Morgan fingerprint density at radius 3 is 2.81 bits per heavy atom. The highest BCUT2D eigenvalue weighted by Crippen LogP contribution is 2.32. The van der Waals surface area contributed by atoms with Gasteiger partial charge >= 0.3 is 0 Å². The second-order valence-corrected chi connectivity index (χ2v) is 5.94. The Labute approximate surface area is 126 Å². The molecule has 1 aliphatic heterocycles. The van der Waals surface area contributed by atoms with Crippen LogP contribution in [0.25, 0.3) is 10.8 Å². The molecule has 0 spiro atoms. The number of aliphatic hydroxyl groups excluding tert-OH is 1. The Morgan fingerprint density at radius 1 is 1.24 bits per heavy atom. The zero-order valence-corrected chi connectivity index (χ0v) is 12.8. The topological polar surface area (TPSA) is 36.4 Å². The van der Waals surface area contributed by atoms with Gasteiger partial charge in [0.2, 0.25) is 0 Å². The van der Waals surface area contributed by atoms with E-state index in [9.17, 15) is 5.11 Å². The fourth-order valence-corrected chi connectivity index (χ4v) is 3.50. The van der Waals surface area contributed by atoms with Crippen LogP contribution in [0.3, 0.4) is 0 Å². The maximum atomic E-state index is 9.52. The molecule has 3 heteroatoms. The molecule has 0 aliphatic carbocycles. The van der Waals surface area contributed by atoms with Crippen molar-refractivity contribution in [1.29, 1.82) is 0 Å². The fourth-order valence-electron chi connectivity index (χ4n) is 3.50. The molecule has 0 radical (unpaired) electrons. The summed E-state index contributed by atoms with van der Waals surface area (Å²) in [7, 11) is 0. The third-order valence-electron chi connectivity index (χ3n) is 4.55. The first-order chi connectivity index (χ1) is 10.3. The highest BCUT2D eigenvalue weighted by Gasteiger charge is 2.24. The van der Waals surface area contributed by atoms with E-state index in [4.69, 9.17) is 4.98 Å². The highest BCUT2D eigenvalue weighted by atomic mass is 16.3. The van der Waals surface area contributed by atoms with Crippen LogP contribution in [-0.2, 0) is 6.61 Å². The predicted octanol–water partition coefficient (Wildman–Crippen LogP) is 3.89. The molecule has 112 valence electrons. The molecule has 21 heavy (non-hydrogen) atoms. The molecule has 2 heterocycles. The Kier molecular flexibility index (Phi) is 4.39. The molecule has 1 aromatic heterocycles. The molecule has 1 N–H and O–H groups in total.